The molecule has 2 fully saturated rings. The predicted molar refractivity (Wildman–Crippen MR) is 55.5 cm³/mol. The molecule has 0 aromatic heterocycles. The van der Waals surface area contributed by atoms with Crippen molar-refractivity contribution >= 4 is 0 Å². The molecule has 0 aromatic carbocycles. The Hall–Kier alpha value is -0.0800. The number of rotatable bonds is 2. The molecule has 2 N–H and O–H groups in total. The Balaban J connectivity index is 1.92. The van der Waals surface area contributed by atoms with Crippen molar-refractivity contribution in [2.45, 2.75) is 25.7 Å². The summed E-state index contributed by atoms with van der Waals surface area (Å²) in [6.45, 7) is 3.42. The molecule has 2 atom stereocenters. The van der Waals surface area contributed by atoms with Crippen LogP contribution in [0, 0.1) is 17.8 Å². The Kier molecular flexibility index (Phi) is 2.89. The van der Waals surface area contributed by atoms with E-state index in [1.54, 1.807) is 0 Å². The van der Waals surface area contributed by atoms with Crippen LogP contribution in [0.2, 0.25) is 0 Å². The molecule has 2 aliphatic rings. The quantitative estimate of drug-likeness (QED) is 0.698. The second-order valence-electron chi connectivity index (χ2n) is 4.90. The van der Waals surface area contributed by atoms with E-state index in [9.17, 15) is 0 Å². The van der Waals surface area contributed by atoms with E-state index in [2.05, 4.69) is 11.9 Å². The fraction of sp³-hybridized carbons (Fsp3) is 1.00. The molecule has 13 heavy (non-hydrogen) atoms. The van der Waals surface area contributed by atoms with Crippen molar-refractivity contribution in [1.29, 1.82) is 0 Å². The van der Waals surface area contributed by atoms with E-state index in [1.807, 2.05) is 0 Å². The van der Waals surface area contributed by atoms with Gasteiger partial charge in [0.25, 0.3) is 0 Å². The van der Waals surface area contributed by atoms with Crippen molar-refractivity contribution in [2.24, 2.45) is 23.5 Å². The van der Waals surface area contributed by atoms with Gasteiger partial charge in [0.1, 0.15) is 0 Å². The molecule has 0 radical (unpaired) electrons. The van der Waals surface area contributed by atoms with E-state index in [1.165, 1.54) is 38.8 Å². The Morgan fingerprint density at radius 2 is 2.08 bits per heavy atom. The summed E-state index contributed by atoms with van der Waals surface area (Å²) in [4.78, 5) is 2.44. The Labute approximate surface area is 81.5 Å². The number of likely N-dealkylation sites (tertiary alicyclic amines) is 1. The smallest absolute Gasteiger partial charge is 0.00214 e. The Morgan fingerprint density at radius 1 is 1.31 bits per heavy atom. The minimum absolute atomic E-state index is 0.782. The fourth-order valence-corrected chi connectivity index (χ4v) is 2.97. The summed E-state index contributed by atoms with van der Waals surface area (Å²) in [7, 11) is 2.22. The molecule has 0 bridgehead atoms. The zero-order valence-corrected chi connectivity index (χ0v) is 8.71. The normalized spacial score (nSPS) is 37.4. The largest absolute Gasteiger partial charge is 0.330 e. The zero-order chi connectivity index (χ0) is 9.26. The van der Waals surface area contributed by atoms with Gasteiger partial charge in [-0.25, -0.2) is 0 Å². The van der Waals surface area contributed by atoms with Crippen LogP contribution in [0.15, 0.2) is 0 Å². The first-order valence-electron chi connectivity index (χ1n) is 5.70. The number of piperidine rings is 1. The van der Waals surface area contributed by atoms with Gasteiger partial charge in [0.2, 0.25) is 0 Å². The van der Waals surface area contributed by atoms with E-state index in [0.717, 1.165) is 24.3 Å². The third-order valence-electron chi connectivity index (χ3n) is 4.05. The second-order valence-corrected chi connectivity index (χ2v) is 4.90. The molecule has 2 unspecified atom stereocenters. The van der Waals surface area contributed by atoms with Crippen LogP contribution in [-0.4, -0.2) is 31.6 Å². The van der Waals surface area contributed by atoms with Gasteiger partial charge < -0.3 is 10.6 Å². The number of hydrogen-bond acceptors (Lipinski definition) is 2. The summed E-state index contributed by atoms with van der Waals surface area (Å²) < 4.78 is 0. The molecule has 76 valence electrons. The molecular weight excluding hydrogens is 160 g/mol. The molecule has 1 aliphatic heterocycles. The highest BCUT2D eigenvalue weighted by Gasteiger charge is 2.35. The van der Waals surface area contributed by atoms with Gasteiger partial charge in [-0.3, -0.25) is 0 Å². The molecule has 2 heteroatoms. The lowest BCUT2D eigenvalue weighted by atomic mass is 9.68. The molecular formula is C11H22N2. The maximum atomic E-state index is 5.85. The monoisotopic (exact) mass is 182 g/mol. The molecule has 1 saturated heterocycles. The summed E-state index contributed by atoms with van der Waals surface area (Å²) in [5, 5.41) is 0. The minimum Gasteiger partial charge on any atom is -0.330 e. The van der Waals surface area contributed by atoms with Gasteiger partial charge in [0.05, 0.1) is 0 Å². The lowest BCUT2D eigenvalue weighted by Gasteiger charge is -2.43. The molecule has 1 aliphatic carbocycles. The zero-order valence-electron chi connectivity index (χ0n) is 8.71. The van der Waals surface area contributed by atoms with Crippen molar-refractivity contribution in [3.05, 3.63) is 0 Å². The average Bonchev–Trinajstić information content (AvgIpc) is 2.05. The SMILES string of the molecule is CN1CCC(C2CCC2)C(CN)C1. The molecule has 0 aromatic rings. The fourth-order valence-electron chi connectivity index (χ4n) is 2.97. The first kappa shape index (κ1) is 9.47. The average molecular weight is 182 g/mol. The lowest BCUT2D eigenvalue weighted by Crippen LogP contribution is -2.45. The summed E-state index contributed by atoms with van der Waals surface area (Å²) in [6, 6.07) is 0. The Bertz CT molecular complexity index is 165. The van der Waals surface area contributed by atoms with Crippen molar-refractivity contribution in [3.8, 4) is 0 Å². The summed E-state index contributed by atoms with van der Waals surface area (Å²) in [5.41, 5.74) is 5.85. The first-order valence-corrected chi connectivity index (χ1v) is 5.70. The molecule has 0 amide bonds. The highest BCUT2D eigenvalue weighted by atomic mass is 15.1. The van der Waals surface area contributed by atoms with Crippen LogP contribution in [0.3, 0.4) is 0 Å². The summed E-state index contributed by atoms with van der Waals surface area (Å²) >= 11 is 0. The highest BCUT2D eigenvalue weighted by molar-refractivity contribution is 4.87. The number of hydrogen-bond donors (Lipinski definition) is 1. The van der Waals surface area contributed by atoms with Crippen LogP contribution in [-0.2, 0) is 0 Å². The maximum absolute atomic E-state index is 5.85. The van der Waals surface area contributed by atoms with Crippen molar-refractivity contribution < 1.29 is 0 Å². The molecule has 2 nitrogen and oxygen atoms in total. The van der Waals surface area contributed by atoms with Gasteiger partial charge in [0.15, 0.2) is 0 Å². The number of nitrogens with two attached hydrogens (primary N) is 1. The molecule has 2 rings (SSSR count). The standard InChI is InChI=1S/C11H22N2/c1-13-6-5-11(9-3-2-4-9)10(7-12)8-13/h9-11H,2-8,12H2,1H3. The van der Waals surface area contributed by atoms with Crippen LogP contribution < -0.4 is 5.73 Å². The summed E-state index contributed by atoms with van der Waals surface area (Å²) in [5.74, 6) is 2.77. The third kappa shape index (κ3) is 1.89. The van der Waals surface area contributed by atoms with Gasteiger partial charge >= 0.3 is 0 Å². The van der Waals surface area contributed by atoms with E-state index < -0.39 is 0 Å². The summed E-state index contributed by atoms with van der Waals surface area (Å²) in [6.07, 6.45) is 5.81. The van der Waals surface area contributed by atoms with Gasteiger partial charge in [0, 0.05) is 6.54 Å². The first-order chi connectivity index (χ1) is 6.31. The lowest BCUT2D eigenvalue weighted by molar-refractivity contribution is 0.0667. The van der Waals surface area contributed by atoms with E-state index >= 15 is 0 Å². The van der Waals surface area contributed by atoms with E-state index in [-0.39, 0.29) is 0 Å². The van der Waals surface area contributed by atoms with Crippen LogP contribution in [0.25, 0.3) is 0 Å². The molecule has 1 heterocycles. The molecule has 1 saturated carbocycles. The predicted octanol–water partition coefficient (Wildman–Crippen LogP) is 1.31. The minimum atomic E-state index is 0.782. The maximum Gasteiger partial charge on any atom is 0.00214 e. The van der Waals surface area contributed by atoms with Gasteiger partial charge in [-0.05, 0) is 44.3 Å². The van der Waals surface area contributed by atoms with Crippen LogP contribution in [0.1, 0.15) is 25.7 Å². The van der Waals surface area contributed by atoms with Crippen LogP contribution in [0.4, 0.5) is 0 Å². The van der Waals surface area contributed by atoms with Crippen molar-refractivity contribution in [1.82, 2.24) is 4.90 Å². The van der Waals surface area contributed by atoms with Gasteiger partial charge in [-0.2, -0.15) is 0 Å². The third-order valence-corrected chi connectivity index (χ3v) is 4.05. The second kappa shape index (κ2) is 3.97. The molecule has 0 spiro atoms. The van der Waals surface area contributed by atoms with Crippen molar-refractivity contribution in [2.75, 3.05) is 26.7 Å². The van der Waals surface area contributed by atoms with E-state index in [0.29, 0.717) is 0 Å². The van der Waals surface area contributed by atoms with Crippen LogP contribution >= 0.6 is 0 Å². The van der Waals surface area contributed by atoms with Crippen molar-refractivity contribution in [3.63, 3.8) is 0 Å². The van der Waals surface area contributed by atoms with Gasteiger partial charge in [-0.1, -0.05) is 19.3 Å². The Morgan fingerprint density at radius 3 is 2.62 bits per heavy atom. The van der Waals surface area contributed by atoms with Crippen LogP contribution in [0.5, 0.6) is 0 Å². The number of nitrogens with zero attached hydrogens (tertiary/aromatic N) is 1. The highest BCUT2D eigenvalue weighted by Crippen LogP contribution is 2.40. The topological polar surface area (TPSA) is 29.3 Å². The van der Waals surface area contributed by atoms with E-state index in [4.69, 9.17) is 5.73 Å². The van der Waals surface area contributed by atoms with Gasteiger partial charge in [-0.15, -0.1) is 0 Å².